The van der Waals surface area contributed by atoms with E-state index in [1.807, 2.05) is 6.08 Å². The summed E-state index contributed by atoms with van der Waals surface area (Å²) in [5, 5.41) is 12.7. The van der Waals surface area contributed by atoms with Crippen molar-refractivity contribution >= 4 is 23.1 Å². The van der Waals surface area contributed by atoms with Crippen LogP contribution in [0.5, 0.6) is 0 Å². The van der Waals surface area contributed by atoms with E-state index in [0.717, 1.165) is 36.4 Å². The molecule has 1 aromatic heterocycles. The number of benzene rings is 1. The van der Waals surface area contributed by atoms with Gasteiger partial charge in [0.2, 0.25) is 0 Å². The molecular formula is C26H22F3N5O2. The van der Waals surface area contributed by atoms with Crippen molar-refractivity contribution in [2.24, 2.45) is 0 Å². The van der Waals surface area contributed by atoms with Crippen LogP contribution in [0, 0.1) is 11.3 Å². The standard InChI is InChI=1S/C26H22F3N5O2/c1-33-24(18-3-2-15(14-30)12-19(18)16-6-9-31-10-7-16)23-20(4-5-21(23)35)34(25(33)36)17-8-11-32-22(13-17)26(27,28)29/h2-3,6,8,11-13,24,31H,4-5,7,9-10H2,1H3. The van der Waals surface area contributed by atoms with Gasteiger partial charge in [-0.05, 0) is 60.4 Å². The van der Waals surface area contributed by atoms with Crippen LogP contribution in [-0.2, 0) is 11.0 Å². The number of hydrogen-bond acceptors (Lipinski definition) is 5. The van der Waals surface area contributed by atoms with Crippen molar-refractivity contribution in [1.29, 1.82) is 5.26 Å². The number of halogens is 3. The van der Waals surface area contributed by atoms with Crippen LogP contribution in [0.4, 0.5) is 23.7 Å². The van der Waals surface area contributed by atoms with Gasteiger partial charge in [-0.3, -0.25) is 14.7 Å². The number of carbonyl (C=O) groups excluding carboxylic acids is 2. The highest BCUT2D eigenvalue weighted by Gasteiger charge is 2.45. The van der Waals surface area contributed by atoms with E-state index in [9.17, 15) is 28.0 Å². The molecule has 184 valence electrons. The molecule has 36 heavy (non-hydrogen) atoms. The Morgan fingerprint density at radius 2 is 1.94 bits per heavy atom. The average Bonchev–Trinajstić information content (AvgIpc) is 3.25. The molecule has 10 heteroatoms. The first-order valence-corrected chi connectivity index (χ1v) is 11.5. The third-order valence-corrected chi connectivity index (χ3v) is 6.80. The van der Waals surface area contributed by atoms with Crippen molar-refractivity contribution in [3.8, 4) is 6.07 Å². The molecule has 5 rings (SSSR count). The minimum Gasteiger partial charge on any atom is -0.316 e. The molecule has 1 atom stereocenters. The van der Waals surface area contributed by atoms with E-state index in [2.05, 4.69) is 16.4 Å². The van der Waals surface area contributed by atoms with E-state index < -0.39 is 23.9 Å². The zero-order valence-corrected chi connectivity index (χ0v) is 19.4. The number of anilines is 1. The number of nitrogens with zero attached hydrogens (tertiary/aromatic N) is 4. The molecule has 0 spiro atoms. The lowest BCUT2D eigenvalue weighted by Crippen LogP contribution is -2.48. The lowest BCUT2D eigenvalue weighted by molar-refractivity contribution is -0.141. The summed E-state index contributed by atoms with van der Waals surface area (Å²) >= 11 is 0. The Hall–Kier alpha value is -3.97. The van der Waals surface area contributed by atoms with Gasteiger partial charge >= 0.3 is 12.2 Å². The second kappa shape index (κ2) is 8.91. The molecule has 0 fully saturated rings. The van der Waals surface area contributed by atoms with Crippen LogP contribution in [0.15, 0.2) is 53.9 Å². The number of amides is 2. The van der Waals surface area contributed by atoms with Crippen LogP contribution >= 0.6 is 0 Å². The summed E-state index contributed by atoms with van der Waals surface area (Å²) in [5.41, 5.74) is 2.68. The number of pyridine rings is 1. The minimum absolute atomic E-state index is 0.0101. The summed E-state index contributed by atoms with van der Waals surface area (Å²) in [6.07, 6.45) is -0.513. The Bertz CT molecular complexity index is 1370. The number of rotatable bonds is 3. The highest BCUT2D eigenvalue weighted by molar-refractivity contribution is 6.08. The summed E-state index contributed by atoms with van der Waals surface area (Å²) < 4.78 is 40.0. The summed E-state index contributed by atoms with van der Waals surface area (Å²) in [7, 11) is 1.54. The van der Waals surface area contributed by atoms with Gasteiger partial charge in [-0.15, -0.1) is 0 Å². The first-order valence-electron chi connectivity index (χ1n) is 11.5. The fourth-order valence-corrected chi connectivity index (χ4v) is 5.14. The fraction of sp³-hybridized carbons (Fsp3) is 0.308. The first kappa shape index (κ1) is 23.8. The van der Waals surface area contributed by atoms with Crippen LogP contribution in [0.25, 0.3) is 5.57 Å². The Balaban J connectivity index is 1.68. The molecule has 0 saturated carbocycles. The van der Waals surface area contributed by atoms with Crippen molar-refractivity contribution < 1.29 is 22.8 Å². The quantitative estimate of drug-likeness (QED) is 0.676. The van der Waals surface area contributed by atoms with Crippen molar-refractivity contribution in [2.75, 3.05) is 25.0 Å². The monoisotopic (exact) mass is 493 g/mol. The predicted molar refractivity (Wildman–Crippen MR) is 126 cm³/mol. The van der Waals surface area contributed by atoms with Crippen LogP contribution in [0.3, 0.4) is 0 Å². The first-order chi connectivity index (χ1) is 17.2. The van der Waals surface area contributed by atoms with E-state index in [1.54, 1.807) is 25.2 Å². The van der Waals surface area contributed by atoms with Gasteiger partial charge in [0.15, 0.2) is 5.78 Å². The number of hydrogen-bond donors (Lipinski definition) is 1. The normalized spacial score (nSPS) is 20.4. The molecule has 2 aliphatic heterocycles. The van der Waals surface area contributed by atoms with Gasteiger partial charge in [-0.2, -0.15) is 18.4 Å². The van der Waals surface area contributed by atoms with Gasteiger partial charge in [0.25, 0.3) is 0 Å². The smallest absolute Gasteiger partial charge is 0.316 e. The van der Waals surface area contributed by atoms with Gasteiger partial charge < -0.3 is 10.2 Å². The summed E-state index contributed by atoms with van der Waals surface area (Å²) in [6.45, 7) is 1.42. The Morgan fingerprint density at radius 1 is 1.14 bits per heavy atom. The van der Waals surface area contributed by atoms with Crippen LogP contribution in [0.1, 0.15) is 47.7 Å². The average molecular weight is 493 g/mol. The van der Waals surface area contributed by atoms with E-state index in [-0.39, 0.29) is 24.3 Å². The Labute approximate surface area is 205 Å². The summed E-state index contributed by atoms with van der Waals surface area (Å²) in [4.78, 5) is 32.8. The summed E-state index contributed by atoms with van der Waals surface area (Å²) in [6, 6.07) is 8.25. The number of alkyl halides is 3. The van der Waals surface area contributed by atoms with E-state index in [4.69, 9.17) is 0 Å². The van der Waals surface area contributed by atoms with E-state index >= 15 is 0 Å². The van der Waals surface area contributed by atoms with Crippen LogP contribution < -0.4 is 10.2 Å². The number of nitriles is 1. The minimum atomic E-state index is -4.67. The lowest BCUT2D eigenvalue weighted by Gasteiger charge is -2.41. The van der Waals surface area contributed by atoms with Gasteiger partial charge in [-0.1, -0.05) is 12.1 Å². The molecule has 1 aliphatic carbocycles. The SMILES string of the molecule is CN1C(=O)N(c2ccnc(C(F)(F)F)c2)C2=C(C(=O)CC2)C1c1ccc(C#N)cc1C1=CCNCC1. The van der Waals surface area contributed by atoms with Gasteiger partial charge in [0.05, 0.1) is 23.4 Å². The molecule has 1 N–H and O–H groups in total. The number of carbonyl (C=O) groups is 2. The molecule has 3 heterocycles. The largest absolute Gasteiger partial charge is 0.433 e. The molecule has 1 unspecified atom stereocenters. The molecule has 0 saturated heterocycles. The van der Waals surface area contributed by atoms with Crippen molar-refractivity contribution in [3.05, 3.63) is 76.3 Å². The predicted octanol–water partition coefficient (Wildman–Crippen LogP) is 4.58. The zero-order chi connectivity index (χ0) is 25.6. The molecule has 7 nitrogen and oxygen atoms in total. The number of Topliss-reactive ketones (excluding diaryl/α,β-unsaturated/α-hetero) is 1. The molecule has 2 aromatic rings. The Kier molecular flexibility index (Phi) is 5.88. The van der Waals surface area contributed by atoms with Gasteiger partial charge in [-0.25, -0.2) is 4.79 Å². The fourth-order valence-electron chi connectivity index (χ4n) is 5.14. The molecule has 2 amide bonds. The number of aromatic nitrogens is 1. The summed E-state index contributed by atoms with van der Waals surface area (Å²) in [5.74, 6) is -0.154. The highest BCUT2D eigenvalue weighted by Crippen LogP contribution is 2.46. The maximum Gasteiger partial charge on any atom is 0.433 e. The highest BCUT2D eigenvalue weighted by atomic mass is 19.4. The molecule has 0 radical (unpaired) electrons. The van der Waals surface area contributed by atoms with E-state index in [1.165, 1.54) is 15.9 Å². The van der Waals surface area contributed by atoms with Crippen molar-refractivity contribution in [1.82, 2.24) is 15.2 Å². The van der Waals surface area contributed by atoms with Crippen molar-refractivity contribution in [2.45, 2.75) is 31.5 Å². The van der Waals surface area contributed by atoms with Crippen LogP contribution in [-0.4, -0.2) is 41.8 Å². The third-order valence-electron chi connectivity index (χ3n) is 6.80. The van der Waals surface area contributed by atoms with Gasteiger partial charge in [0.1, 0.15) is 5.69 Å². The molecular weight excluding hydrogens is 471 g/mol. The second-order valence-electron chi connectivity index (χ2n) is 8.91. The second-order valence-corrected chi connectivity index (χ2v) is 8.91. The molecule has 3 aliphatic rings. The van der Waals surface area contributed by atoms with Gasteiger partial charge in [0, 0.05) is 37.5 Å². The zero-order valence-electron chi connectivity index (χ0n) is 19.4. The molecule has 0 bridgehead atoms. The van der Waals surface area contributed by atoms with Crippen molar-refractivity contribution in [3.63, 3.8) is 0 Å². The number of ketones is 1. The lowest BCUT2D eigenvalue weighted by atomic mass is 9.85. The third kappa shape index (κ3) is 3.95. The van der Waals surface area contributed by atoms with E-state index in [0.29, 0.717) is 28.9 Å². The number of nitrogens with one attached hydrogen (secondary N) is 1. The number of urea groups is 1. The topological polar surface area (TPSA) is 89.3 Å². The Morgan fingerprint density at radius 3 is 2.64 bits per heavy atom. The number of allylic oxidation sites excluding steroid dienone is 1. The van der Waals surface area contributed by atoms with Crippen LogP contribution in [0.2, 0.25) is 0 Å². The molecule has 1 aromatic carbocycles. The maximum atomic E-state index is 13.7. The number of likely N-dealkylation sites (N-methyl/N-ethyl adjacent to an activating group) is 1. The maximum absolute atomic E-state index is 13.7.